The summed E-state index contributed by atoms with van der Waals surface area (Å²) in [6.45, 7) is 1.61. The molecular weight excluding hydrogens is 328 g/mol. The molecule has 0 saturated carbocycles. The Morgan fingerprint density at radius 3 is 3.04 bits per heavy atom. The molecular formula is C17H18N2O4S. The number of aromatic carboxylic acids is 1. The summed E-state index contributed by atoms with van der Waals surface area (Å²) >= 11 is 1.47. The van der Waals surface area contributed by atoms with Crippen molar-refractivity contribution in [1.29, 1.82) is 0 Å². The molecule has 1 fully saturated rings. The summed E-state index contributed by atoms with van der Waals surface area (Å²) in [5.74, 6) is -0.673. The average molecular weight is 346 g/mol. The monoisotopic (exact) mass is 346 g/mol. The van der Waals surface area contributed by atoms with Crippen molar-refractivity contribution in [3.63, 3.8) is 0 Å². The van der Waals surface area contributed by atoms with Gasteiger partial charge in [-0.3, -0.25) is 4.79 Å². The van der Waals surface area contributed by atoms with Crippen molar-refractivity contribution < 1.29 is 19.4 Å². The van der Waals surface area contributed by atoms with Crippen LogP contribution >= 0.6 is 11.3 Å². The highest BCUT2D eigenvalue weighted by Crippen LogP contribution is 2.24. The molecule has 6 nitrogen and oxygen atoms in total. The fraction of sp³-hybridized carbons (Fsp3) is 0.353. The first-order valence-corrected chi connectivity index (χ1v) is 8.56. The summed E-state index contributed by atoms with van der Waals surface area (Å²) < 4.78 is 5.37. The molecule has 1 aromatic heterocycles. The van der Waals surface area contributed by atoms with Gasteiger partial charge in [0.2, 0.25) is 5.91 Å². The number of rotatable bonds is 6. The van der Waals surface area contributed by atoms with E-state index in [-0.39, 0.29) is 17.9 Å². The van der Waals surface area contributed by atoms with Gasteiger partial charge in [0, 0.05) is 24.3 Å². The van der Waals surface area contributed by atoms with Gasteiger partial charge in [-0.25, -0.2) is 9.78 Å². The van der Waals surface area contributed by atoms with Crippen molar-refractivity contribution in [1.82, 2.24) is 4.98 Å². The Hall–Kier alpha value is -2.25. The minimum Gasteiger partial charge on any atom is -0.478 e. The number of thiazole rings is 1. The Kier molecular flexibility index (Phi) is 5.22. The summed E-state index contributed by atoms with van der Waals surface area (Å²) in [7, 11) is 0. The third-order valence-corrected chi connectivity index (χ3v) is 4.79. The lowest BCUT2D eigenvalue weighted by molar-refractivity contribution is -0.115. The van der Waals surface area contributed by atoms with Crippen LogP contribution in [0.2, 0.25) is 0 Å². The molecule has 1 aromatic carbocycles. The van der Waals surface area contributed by atoms with Crippen LogP contribution < -0.4 is 5.32 Å². The zero-order valence-electron chi connectivity index (χ0n) is 13.0. The normalized spacial score (nSPS) is 16.9. The zero-order valence-corrected chi connectivity index (χ0v) is 13.8. The van der Waals surface area contributed by atoms with E-state index < -0.39 is 5.97 Å². The maximum absolute atomic E-state index is 12.1. The molecule has 2 heterocycles. The number of aromatic nitrogens is 1. The standard InChI is InChI=1S/C17H18N2O4S/c20-15(8-11-2-1-3-13(6-11)16(21)22)19-17-18-9-14(24-17)7-12-4-5-23-10-12/h1-3,6,9,12H,4-5,7-8,10H2,(H,21,22)(H,18,19,20). The highest BCUT2D eigenvalue weighted by molar-refractivity contribution is 7.15. The van der Waals surface area contributed by atoms with Gasteiger partial charge in [-0.1, -0.05) is 12.1 Å². The summed E-state index contributed by atoms with van der Waals surface area (Å²) in [5, 5.41) is 12.3. The number of amides is 1. The minimum absolute atomic E-state index is 0.118. The summed E-state index contributed by atoms with van der Waals surface area (Å²) in [6, 6.07) is 6.38. The lowest BCUT2D eigenvalue weighted by Gasteiger charge is -2.04. The first-order valence-electron chi connectivity index (χ1n) is 7.74. The molecule has 0 aliphatic carbocycles. The Morgan fingerprint density at radius 2 is 2.29 bits per heavy atom. The molecule has 1 aliphatic rings. The highest BCUT2D eigenvalue weighted by atomic mass is 32.1. The van der Waals surface area contributed by atoms with Crippen LogP contribution in [0.25, 0.3) is 0 Å². The van der Waals surface area contributed by atoms with Gasteiger partial charge in [0.25, 0.3) is 0 Å². The number of hydrogen-bond acceptors (Lipinski definition) is 5. The molecule has 2 aromatic rings. The van der Waals surface area contributed by atoms with Gasteiger partial charge in [-0.05, 0) is 36.5 Å². The number of nitrogens with one attached hydrogen (secondary N) is 1. The maximum Gasteiger partial charge on any atom is 0.335 e. The van der Waals surface area contributed by atoms with Crippen molar-refractivity contribution in [2.24, 2.45) is 5.92 Å². The molecule has 2 N–H and O–H groups in total. The highest BCUT2D eigenvalue weighted by Gasteiger charge is 2.17. The van der Waals surface area contributed by atoms with E-state index in [0.29, 0.717) is 16.6 Å². The number of anilines is 1. The molecule has 24 heavy (non-hydrogen) atoms. The van der Waals surface area contributed by atoms with E-state index in [1.54, 1.807) is 18.3 Å². The maximum atomic E-state index is 12.1. The summed E-state index contributed by atoms with van der Waals surface area (Å²) in [5.41, 5.74) is 0.836. The second kappa shape index (κ2) is 7.55. The van der Waals surface area contributed by atoms with Crippen LogP contribution in [-0.4, -0.2) is 35.2 Å². The lowest BCUT2D eigenvalue weighted by Crippen LogP contribution is -2.14. The van der Waals surface area contributed by atoms with Gasteiger partial charge >= 0.3 is 5.97 Å². The van der Waals surface area contributed by atoms with Crippen molar-refractivity contribution in [2.45, 2.75) is 19.3 Å². The molecule has 3 rings (SSSR count). The van der Waals surface area contributed by atoms with Gasteiger partial charge in [-0.2, -0.15) is 0 Å². The van der Waals surface area contributed by atoms with E-state index in [1.165, 1.54) is 23.5 Å². The van der Waals surface area contributed by atoms with Crippen LogP contribution in [0.5, 0.6) is 0 Å². The molecule has 126 valence electrons. The van der Waals surface area contributed by atoms with Crippen molar-refractivity contribution in [3.8, 4) is 0 Å². The molecule has 1 unspecified atom stereocenters. The Labute approximate surface area is 143 Å². The number of carbonyl (C=O) groups is 2. The van der Waals surface area contributed by atoms with Gasteiger partial charge in [0.05, 0.1) is 12.0 Å². The first kappa shape index (κ1) is 16.6. The van der Waals surface area contributed by atoms with E-state index in [2.05, 4.69) is 10.3 Å². The number of carboxylic acid groups (broad SMARTS) is 1. The van der Waals surface area contributed by atoms with Crippen LogP contribution in [0, 0.1) is 5.92 Å². The van der Waals surface area contributed by atoms with Crippen molar-refractivity contribution >= 4 is 28.3 Å². The number of benzene rings is 1. The second-order valence-corrected chi connectivity index (χ2v) is 6.91. The number of hydrogen-bond donors (Lipinski definition) is 2. The predicted molar refractivity (Wildman–Crippen MR) is 90.5 cm³/mol. The molecule has 1 amide bonds. The second-order valence-electron chi connectivity index (χ2n) is 5.80. The number of carbonyl (C=O) groups excluding carboxylic acids is 1. The van der Waals surface area contributed by atoms with E-state index in [4.69, 9.17) is 9.84 Å². The van der Waals surface area contributed by atoms with Crippen molar-refractivity contribution in [3.05, 3.63) is 46.5 Å². The van der Waals surface area contributed by atoms with E-state index >= 15 is 0 Å². The number of nitrogens with zero attached hydrogens (tertiary/aromatic N) is 1. The molecule has 1 atom stereocenters. The molecule has 0 bridgehead atoms. The predicted octanol–water partition coefficient (Wildman–Crippen LogP) is 2.60. The van der Waals surface area contributed by atoms with Gasteiger partial charge in [0.15, 0.2) is 5.13 Å². The molecule has 7 heteroatoms. The smallest absolute Gasteiger partial charge is 0.335 e. The van der Waals surface area contributed by atoms with Crippen LogP contribution in [0.15, 0.2) is 30.5 Å². The van der Waals surface area contributed by atoms with E-state index in [0.717, 1.165) is 30.9 Å². The van der Waals surface area contributed by atoms with E-state index in [9.17, 15) is 9.59 Å². The topological polar surface area (TPSA) is 88.5 Å². The third kappa shape index (κ3) is 4.39. The third-order valence-electron chi connectivity index (χ3n) is 3.85. The lowest BCUT2D eigenvalue weighted by atomic mass is 10.1. The van der Waals surface area contributed by atoms with Crippen LogP contribution in [-0.2, 0) is 22.4 Å². The fourth-order valence-electron chi connectivity index (χ4n) is 2.65. The molecule has 0 radical (unpaired) electrons. The zero-order chi connectivity index (χ0) is 16.9. The van der Waals surface area contributed by atoms with Crippen molar-refractivity contribution in [2.75, 3.05) is 18.5 Å². The largest absolute Gasteiger partial charge is 0.478 e. The SMILES string of the molecule is O=C(Cc1cccc(C(=O)O)c1)Nc1ncc(CC2CCOC2)s1. The molecule has 1 aliphatic heterocycles. The summed E-state index contributed by atoms with van der Waals surface area (Å²) in [4.78, 5) is 28.4. The molecule has 0 spiro atoms. The Bertz CT molecular complexity index is 738. The van der Waals surface area contributed by atoms with Gasteiger partial charge in [0.1, 0.15) is 0 Å². The average Bonchev–Trinajstić information content (AvgIpc) is 3.20. The molecule has 1 saturated heterocycles. The minimum atomic E-state index is -1.00. The van der Waals surface area contributed by atoms with Gasteiger partial charge in [-0.15, -0.1) is 11.3 Å². The first-order chi connectivity index (χ1) is 11.6. The number of carboxylic acids is 1. The van der Waals surface area contributed by atoms with Crippen LogP contribution in [0.1, 0.15) is 27.2 Å². The van der Waals surface area contributed by atoms with E-state index in [1.807, 2.05) is 0 Å². The quantitative estimate of drug-likeness (QED) is 0.839. The van der Waals surface area contributed by atoms with Crippen LogP contribution in [0.4, 0.5) is 5.13 Å². The fourth-order valence-corrected chi connectivity index (χ4v) is 3.59. The Morgan fingerprint density at radius 1 is 1.42 bits per heavy atom. The number of ether oxygens (including phenoxy) is 1. The Balaban J connectivity index is 1.56. The van der Waals surface area contributed by atoms with Crippen LogP contribution in [0.3, 0.4) is 0 Å². The summed E-state index contributed by atoms with van der Waals surface area (Å²) in [6.07, 6.45) is 3.91. The van der Waals surface area contributed by atoms with Gasteiger partial charge < -0.3 is 15.2 Å².